The number of anilines is 1. The number of carbonyl (C=O) groups is 3. The van der Waals surface area contributed by atoms with E-state index in [2.05, 4.69) is 34.9 Å². The van der Waals surface area contributed by atoms with E-state index in [0.29, 0.717) is 18.5 Å². The Morgan fingerprint density at radius 3 is 2.14 bits per heavy atom. The minimum absolute atomic E-state index is 0.0344. The zero-order chi connectivity index (χ0) is 24.8. The Morgan fingerprint density at radius 2 is 1.51 bits per heavy atom. The molecule has 1 atom stereocenters. The number of aryl methyl sites for hydroxylation is 1. The molecule has 0 radical (unpaired) electrons. The van der Waals surface area contributed by atoms with Gasteiger partial charge in [-0.15, -0.1) is 0 Å². The second-order valence-corrected chi connectivity index (χ2v) is 8.47. The fourth-order valence-corrected chi connectivity index (χ4v) is 4.46. The molecule has 0 aliphatic heterocycles. The Kier molecular flexibility index (Phi) is 7.45. The van der Waals surface area contributed by atoms with Crippen LogP contribution < -0.4 is 10.6 Å². The van der Waals surface area contributed by atoms with Gasteiger partial charge in [-0.3, -0.25) is 10.1 Å². The molecule has 0 bridgehead atoms. The minimum Gasteiger partial charge on any atom is -0.480 e. The molecule has 1 aliphatic carbocycles. The summed E-state index contributed by atoms with van der Waals surface area (Å²) >= 11 is 0. The first-order valence-electron chi connectivity index (χ1n) is 11.7. The number of carboxylic acids is 1. The van der Waals surface area contributed by atoms with Gasteiger partial charge in [0.25, 0.3) is 0 Å². The van der Waals surface area contributed by atoms with E-state index in [0.717, 1.165) is 27.8 Å². The molecule has 0 saturated carbocycles. The molecular weight excluding hydrogens is 444 g/mol. The van der Waals surface area contributed by atoms with Gasteiger partial charge in [0.15, 0.2) is 0 Å². The van der Waals surface area contributed by atoms with Crippen molar-refractivity contribution in [1.29, 1.82) is 0 Å². The lowest BCUT2D eigenvalue weighted by Gasteiger charge is -2.16. The molecule has 3 aromatic carbocycles. The first-order valence-corrected chi connectivity index (χ1v) is 11.7. The van der Waals surface area contributed by atoms with Crippen LogP contribution in [0.2, 0.25) is 0 Å². The van der Waals surface area contributed by atoms with E-state index in [9.17, 15) is 14.4 Å². The number of rotatable bonds is 9. The summed E-state index contributed by atoms with van der Waals surface area (Å²) in [7, 11) is 0. The predicted molar refractivity (Wildman–Crippen MR) is 133 cm³/mol. The van der Waals surface area contributed by atoms with E-state index in [1.807, 2.05) is 36.4 Å². The van der Waals surface area contributed by atoms with Crippen LogP contribution in [0, 0.1) is 0 Å². The molecule has 1 aliphatic rings. The standard InChI is InChI=1S/C28H28N2O5/c1-2-24(27(32)33)29-26(31)16-15-18-9-3-8-14-25(18)30-28(34)35-17-23-21-12-6-4-10-19(21)20-11-5-7-13-22(20)23/h3-14,23-24H,2,15-17H2,1H3,(H,29,31)(H,30,34)(H,32,33)/t24-/m1/s1. The average Bonchev–Trinajstić information content (AvgIpc) is 3.19. The van der Waals surface area contributed by atoms with Crippen molar-refractivity contribution in [3.8, 4) is 11.1 Å². The van der Waals surface area contributed by atoms with E-state index in [1.54, 1.807) is 19.1 Å². The normalized spacial score (nSPS) is 12.8. The van der Waals surface area contributed by atoms with Crippen LogP contribution in [0.3, 0.4) is 0 Å². The highest BCUT2D eigenvalue weighted by Gasteiger charge is 2.29. The molecule has 3 N–H and O–H groups in total. The molecule has 2 amide bonds. The summed E-state index contributed by atoms with van der Waals surface area (Å²) in [4.78, 5) is 36.0. The van der Waals surface area contributed by atoms with E-state index in [-0.39, 0.29) is 24.9 Å². The van der Waals surface area contributed by atoms with Gasteiger partial charge >= 0.3 is 12.1 Å². The molecule has 4 rings (SSSR count). The van der Waals surface area contributed by atoms with Gasteiger partial charge < -0.3 is 15.2 Å². The second-order valence-electron chi connectivity index (χ2n) is 8.47. The maximum absolute atomic E-state index is 12.7. The summed E-state index contributed by atoms with van der Waals surface area (Å²) in [5.74, 6) is -1.44. The Bertz CT molecular complexity index is 1190. The molecule has 0 unspecified atom stereocenters. The summed E-state index contributed by atoms with van der Waals surface area (Å²) in [5, 5.41) is 14.4. The van der Waals surface area contributed by atoms with Crippen LogP contribution in [-0.2, 0) is 20.7 Å². The van der Waals surface area contributed by atoms with Gasteiger partial charge in [-0.05, 0) is 46.7 Å². The van der Waals surface area contributed by atoms with Crippen LogP contribution >= 0.6 is 0 Å². The smallest absolute Gasteiger partial charge is 0.411 e. The second kappa shape index (κ2) is 10.9. The fourth-order valence-electron chi connectivity index (χ4n) is 4.46. The van der Waals surface area contributed by atoms with Gasteiger partial charge in [0.05, 0.1) is 0 Å². The molecule has 7 heteroatoms. The number of carboxylic acid groups (broad SMARTS) is 1. The van der Waals surface area contributed by atoms with Crippen LogP contribution in [0.5, 0.6) is 0 Å². The lowest BCUT2D eigenvalue weighted by molar-refractivity contribution is -0.141. The molecular formula is C28H28N2O5. The van der Waals surface area contributed by atoms with Crippen molar-refractivity contribution >= 4 is 23.7 Å². The molecule has 0 aromatic heterocycles. The number of amides is 2. The molecule has 0 saturated heterocycles. The zero-order valence-electron chi connectivity index (χ0n) is 19.5. The Balaban J connectivity index is 1.37. The first kappa shape index (κ1) is 24.0. The van der Waals surface area contributed by atoms with Crippen molar-refractivity contribution in [3.63, 3.8) is 0 Å². The number of nitrogens with one attached hydrogen (secondary N) is 2. The number of para-hydroxylation sites is 1. The molecule has 0 heterocycles. The van der Waals surface area contributed by atoms with E-state index in [4.69, 9.17) is 9.84 Å². The molecule has 0 fully saturated rings. The Labute approximate surface area is 204 Å². The van der Waals surface area contributed by atoms with Crippen LogP contribution in [0.1, 0.15) is 42.4 Å². The Hall–Kier alpha value is -4.13. The number of aliphatic carboxylic acids is 1. The highest BCUT2D eigenvalue weighted by atomic mass is 16.5. The molecule has 180 valence electrons. The fraction of sp³-hybridized carbons (Fsp3) is 0.250. The molecule has 7 nitrogen and oxygen atoms in total. The average molecular weight is 473 g/mol. The number of fused-ring (bicyclic) bond motifs is 3. The van der Waals surface area contributed by atoms with Crippen LogP contribution in [0.4, 0.5) is 10.5 Å². The molecule has 3 aromatic rings. The molecule has 0 spiro atoms. The zero-order valence-corrected chi connectivity index (χ0v) is 19.5. The summed E-state index contributed by atoms with van der Waals surface area (Å²) < 4.78 is 5.62. The van der Waals surface area contributed by atoms with Crippen molar-refractivity contribution in [2.45, 2.75) is 38.1 Å². The maximum Gasteiger partial charge on any atom is 0.411 e. The minimum atomic E-state index is -1.06. The van der Waals surface area contributed by atoms with Crippen molar-refractivity contribution in [1.82, 2.24) is 5.32 Å². The monoisotopic (exact) mass is 472 g/mol. The van der Waals surface area contributed by atoms with Gasteiger partial charge in [0, 0.05) is 18.0 Å². The summed E-state index contributed by atoms with van der Waals surface area (Å²) in [5.41, 5.74) is 5.92. The lowest BCUT2D eigenvalue weighted by atomic mass is 9.98. The Morgan fingerprint density at radius 1 is 0.914 bits per heavy atom. The lowest BCUT2D eigenvalue weighted by Crippen LogP contribution is -2.40. The topological polar surface area (TPSA) is 105 Å². The number of ether oxygens (including phenoxy) is 1. The van der Waals surface area contributed by atoms with Gasteiger partial charge in [0.1, 0.15) is 12.6 Å². The quantitative estimate of drug-likeness (QED) is 0.408. The van der Waals surface area contributed by atoms with E-state index in [1.165, 1.54) is 0 Å². The number of hydrogen-bond acceptors (Lipinski definition) is 4. The highest BCUT2D eigenvalue weighted by Crippen LogP contribution is 2.44. The van der Waals surface area contributed by atoms with Gasteiger partial charge in [-0.1, -0.05) is 73.7 Å². The highest BCUT2D eigenvalue weighted by molar-refractivity contribution is 5.87. The summed E-state index contributed by atoms with van der Waals surface area (Å²) in [6.07, 6.45) is 0.191. The van der Waals surface area contributed by atoms with Gasteiger partial charge in [-0.25, -0.2) is 9.59 Å². The third kappa shape index (κ3) is 5.51. The van der Waals surface area contributed by atoms with Crippen LogP contribution in [-0.4, -0.2) is 35.7 Å². The number of carbonyl (C=O) groups excluding carboxylic acids is 2. The predicted octanol–water partition coefficient (Wildman–Crippen LogP) is 4.96. The van der Waals surface area contributed by atoms with Gasteiger partial charge in [0.2, 0.25) is 5.91 Å². The number of benzene rings is 3. The van der Waals surface area contributed by atoms with Crippen molar-refractivity contribution < 1.29 is 24.2 Å². The van der Waals surface area contributed by atoms with Crippen molar-refractivity contribution in [3.05, 3.63) is 89.5 Å². The van der Waals surface area contributed by atoms with E-state index < -0.39 is 18.1 Å². The largest absolute Gasteiger partial charge is 0.480 e. The maximum atomic E-state index is 12.7. The van der Waals surface area contributed by atoms with E-state index >= 15 is 0 Å². The van der Waals surface area contributed by atoms with Crippen molar-refractivity contribution in [2.24, 2.45) is 0 Å². The third-order valence-electron chi connectivity index (χ3n) is 6.26. The number of hydrogen-bond donors (Lipinski definition) is 3. The summed E-state index contributed by atoms with van der Waals surface area (Å²) in [6.45, 7) is 1.91. The summed E-state index contributed by atoms with van der Waals surface area (Å²) in [6, 6.07) is 22.6. The first-order chi connectivity index (χ1) is 17.0. The SMILES string of the molecule is CC[C@@H](NC(=O)CCc1ccccc1NC(=O)OCC1c2ccccc2-c2ccccc21)C(=O)O. The third-order valence-corrected chi connectivity index (χ3v) is 6.26. The van der Waals surface area contributed by atoms with Gasteiger partial charge in [-0.2, -0.15) is 0 Å². The van der Waals surface area contributed by atoms with Crippen molar-refractivity contribution in [2.75, 3.05) is 11.9 Å². The van der Waals surface area contributed by atoms with Crippen LogP contribution in [0.15, 0.2) is 72.8 Å². The molecule has 35 heavy (non-hydrogen) atoms. The van der Waals surface area contributed by atoms with Crippen LogP contribution in [0.25, 0.3) is 11.1 Å².